The van der Waals surface area contributed by atoms with Crippen LogP contribution >= 0.6 is 0 Å². The van der Waals surface area contributed by atoms with Crippen molar-refractivity contribution in [2.24, 2.45) is 0 Å². The molecule has 0 saturated carbocycles. The third-order valence-electron chi connectivity index (χ3n) is 3.39. The molecule has 0 aromatic carbocycles. The number of rotatable bonds is 3. The summed E-state index contributed by atoms with van der Waals surface area (Å²) in [6.45, 7) is 5.41. The zero-order chi connectivity index (χ0) is 15.7. The van der Waals surface area contributed by atoms with Gasteiger partial charge in [-0.05, 0) is 25.0 Å². The van der Waals surface area contributed by atoms with Gasteiger partial charge in [0.15, 0.2) is 0 Å². The number of nitrogens with zero attached hydrogens (tertiary/aromatic N) is 2. The van der Waals surface area contributed by atoms with Crippen LogP contribution in [0.5, 0.6) is 0 Å². The van der Waals surface area contributed by atoms with E-state index in [4.69, 9.17) is 0 Å². The van der Waals surface area contributed by atoms with E-state index in [2.05, 4.69) is 10.3 Å². The summed E-state index contributed by atoms with van der Waals surface area (Å²) in [5.41, 5.74) is 0.699. The second-order valence-electron chi connectivity index (χ2n) is 5.32. The highest BCUT2D eigenvalue weighted by Gasteiger charge is 2.31. The molecule has 1 aromatic rings. The van der Waals surface area contributed by atoms with Gasteiger partial charge in [-0.3, -0.25) is 14.9 Å². The van der Waals surface area contributed by atoms with Gasteiger partial charge in [0.2, 0.25) is 11.8 Å². The molecule has 1 unspecified atom stereocenters. The molecule has 1 atom stereocenters. The number of pyridine rings is 1. The van der Waals surface area contributed by atoms with Crippen LogP contribution in [0.2, 0.25) is 0 Å². The van der Waals surface area contributed by atoms with Gasteiger partial charge in [0.1, 0.15) is 11.9 Å². The monoisotopic (exact) mass is 291 g/mol. The molecule has 2 heterocycles. The summed E-state index contributed by atoms with van der Waals surface area (Å²) in [5, 5.41) is 11.4. The van der Waals surface area contributed by atoms with Crippen molar-refractivity contribution in [3.05, 3.63) is 23.4 Å². The first-order chi connectivity index (χ1) is 9.79. The maximum absolute atomic E-state index is 11.7. The van der Waals surface area contributed by atoms with Crippen molar-refractivity contribution in [3.63, 3.8) is 0 Å². The fourth-order valence-electron chi connectivity index (χ4n) is 2.10. The number of aromatic carboxylic acids is 1. The molecule has 2 amide bonds. The van der Waals surface area contributed by atoms with Crippen LogP contribution in [0.15, 0.2) is 12.1 Å². The van der Waals surface area contributed by atoms with Crippen molar-refractivity contribution < 1.29 is 19.5 Å². The van der Waals surface area contributed by atoms with Crippen LogP contribution in [0.25, 0.3) is 0 Å². The first kappa shape index (κ1) is 15.0. The van der Waals surface area contributed by atoms with Gasteiger partial charge in [-0.25, -0.2) is 9.78 Å². The lowest BCUT2D eigenvalue weighted by Crippen LogP contribution is -2.57. The number of carboxylic acid groups (broad SMARTS) is 1. The maximum atomic E-state index is 11.7. The highest BCUT2D eigenvalue weighted by atomic mass is 16.4. The van der Waals surface area contributed by atoms with Crippen LogP contribution in [0, 0.1) is 0 Å². The predicted molar refractivity (Wildman–Crippen MR) is 75.2 cm³/mol. The number of carbonyl (C=O) groups excluding carboxylic acids is 2. The Balaban J connectivity index is 2.48. The van der Waals surface area contributed by atoms with E-state index in [1.807, 2.05) is 13.8 Å². The zero-order valence-electron chi connectivity index (χ0n) is 12.1. The predicted octanol–water partition coefficient (Wildman–Crippen LogP) is 0.754. The summed E-state index contributed by atoms with van der Waals surface area (Å²) < 4.78 is 0. The van der Waals surface area contributed by atoms with E-state index < -0.39 is 23.8 Å². The molecule has 0 spiro atoms. The molecule has 0 aliphatic carbocycles. The number of amides is 2. The molecule has 1 aliphatic rings. The number of hydrogen-bond acceptors (Lipinski definition) is 5. The largest absolute Gasteiger partial charge is 0.478 e. The summed E-state index contributed by atoms with van der Waals surface area (Å²) in [6, 6.07) is 2.31. The third kappa shape index (κ3) is 3.01. The van der Waals surface area contributed by atoms with E-state index in [9.17, 15) is 19.5 Å². The van der Waals surface area contributed by atoms with Crippen molar-refractivity contribution in [1.29, 1.82) is 0 Å². The van der Waals surface area contributed by atoms with Gasteiger partial charge in [-0.2, -0.15) is 0 Å². The lowest BCUT2D eigenvalue weighted by molar-refractivity contribution is -0.132. The summed E-state index contributed by atoms with van der Waals surface area (Å²) in [7, 11) is 0. The van der Waals surface area contributed by atoms with Gasteiger partial charge < -0.3 is 10.0 Å². The Morgan fingerprint density at radius 1 is 1.43 bits per heavy atom. The average molecular weight is 291 g/mol. The van der Waals surface area contributed by atoms with Gasteiger partial charge in [-0.15, -0.1) is 0 Å². The molecular weight excluding hydrogens is 274 g/mol. The number of hydrogen-bond donors (Lipinski definition) is 2. The van der Waals surface area contributed by atoms with Crippen molar-refractivity contribution in [3.8, 4) is 0 Å². The van der Waals surface area contributed by atoms with Gasteiger partial charge in [-0.1, -0.05) is 13.8 Å². The number of nitrogens with one attached hydrogen (secondary N) is 1. The summed E-state index contributed by atoms with van der Waals surface area (Å²) >= 11 is 0. The fourth-order valence-corrected chi connectivity index (χ4v) is 2.10. The second-order valence-corrected chi connectivity index (χ2v) is 5.32. The zero-order valence-corrected chi connectivity index (χ0v) is 12.1. The Morgan fingerprint density at radius 2 is 2.10 bits per heavy atom. The molecule has 7 heteroatoms. The minimum Gasteiger partial charge on any atom is -0.478 e. The summed E-state index contributed by atoms with van der Waals surface area (Å²) in [4.78, 5) is 40.4. The van der Waals surface area contributed by atoms with Gasteiger partial charge in [0, 0.05) is 5.69 Å². The van der Waals surface area contributed by atoms with Crippen LogP contribution < -0.4 is 10.2 Å². The molecule has 7 nitrogen and oxygen atoms in total. The van der Waals surface area contributed by atoms with E-state index in [1.54, 1.807) is 6.92 Å². The van der Waals surface area contributed by atoms with E-state index >= 15 is 0 Å². The molecule has 0 bridgehead atoms. The number of piperazine rings is 1. The number of carbonyl (C=O) groups is 3. The Bertz CT molecular complexity index is 612. The Kier molecular flexibility index (Phi) is 3.93. The Morgan fingerprint density at radius 3 is 2.67 bits per heavy atom. The quantitative estimate of drug-likeness (QED) is 0.797. The van der Waals surface area contributed by atoms with E-state index in [-0.39, 0.29) is 18.0 Å². The Labute approximate surface area is 122 Å². The fraction of sp³-hybridized carbons (Fsp3) is 0.429. The molecule has 1 aliphatic heterocycles. The third-order valence-corrected chi connectivity index (χ3v) is 3.39. The van der Waals surface area contributed by atoms with Crippen molar-refractivity contribution in [2.75, 3.05) is 11.4 Å². The van der Waals surface area contributed by atoms with Crippen molar-refractivity contribution in [2.45, 2.75) is 32.7 Å². The minimum absolute atomic E-state index is 0.0273. The number of aromatic nitrogens is 1. The van der Waals surface area contributed by atoms with Gasteiger partial charge >= 0.3 is 5.97 Å². The van der Waals surface area contributed by atoms with Crippen molar-refractivity contribution >= 4 is 23.6 Å². The molecule has 2 N–H and O–H groups in total. The number of carboxylic acids is 1. The van der Waals surface area contributed by atoms with E-state index in [0.29, 0.717) is 11.5 Å². The molecule has 1 aromatic heterocycles. The Hall–Kier alpha value is -2.44. The summed E-state index contributed by atoms with van der Waals surface area (Å²) in [6.07, 6.45) is 0. The molecule has 1 fully saturated rings. The standard InChI is InChI=1S/C14H17N3O4/c1-7(2)10-4-9(14(20)21)5-11(15-10)17-6-12(18)16-13(19)8(17)3/h4-5,7-8H,6H2,1-3H3,(H,20,21)(H,16,18,19). The molecule has 112 valence electrons. The molecule has 1 saturated heterocycles. The molecule has 2 rings (SSSR count). The number of imide groups is 1. The van der Waals surface area contributed by atoms with Crippen molar-refractivity contribution in [1.82, 2.24) is 10.3 Å². The van der Waals surface area contributed by atoms with E-state index in [1.165, 1.54) is 17.0 Å². The minimum atomic E-state index is -1.07. The first-order valence-electron chi connectivity index (χ1n) is 6.65. The van der Waals surface area contributed by atoms with Crippen LogP contribution in [0.4, 0.5) is 5.82 Å². The maximum Gasteiger partial charge on any atom is 0.335 e. The highest BCUT2D eigenvalue weighted by Crippen LogP contribution is 2.23. The van der Waals surface area contributed by atoms with E-state index in [0.717, 1.165) is 0 Å². The second kappa shape index (κ2) is 5.51. The normalized spacial score (nSPS) is 18.9. The van der Waals surface area contributed by atoms with Crippen LogP contribution in [-0.2, 0) is 9.59 Å². The van der Waals surface area contributed by atoms with Crippen LogP contribution in [-0.4, -0.2) is 40.5 Å². The van der Waals surface area contributed by atoms with Gasteiger partial charge in [0.25, 0.3) is 0 Å². The summed E-state index contributed by atoms with van der Waals surface area (Å²) in [5.74, 6) is -1.55. The molecule has 0 radical (unpaired) electrons. The topological polar surface area (TPSA) is 99.6 Å². The smallest absolute Gasteiger partial charge is 0.335 e. The highest BCUT2D eigenvalue weighted by molar-refractivity contribution is 6.04. The van der Waals surface area contributed by atoms with Crippen LogP contribution in [0.3, 0.4) is 0 Å². The molecular formula is C14H17N3O4. The van der Waals surface area contributed by atoms with Crippen LogP contribution in [0.1, 0.15) is 42.7 Å². The first-order valence-corrected chi connectivity index (χ1v) is 6.65. The molecule has 21 heavy (non-hydrogen) atoms. The number of anilines is 1. The lowest BCUT2D eigenvalue weighted by atomic mass is 10.1. The average Bonchev–Trinajstić information content (AvgIpc) is 2.42. The van der Waals surface area contributed by atoms with Gasteiger partial charge in [0.05, 0.1) is 12.1 Å². The lowest BCUT2D eigenvalue weighted by Gasteiger charge is -2.33. The SMILES string of the molecule is CC(C)c1cc(C(=O)O)cc(N2CC(=O)NC(=O)C2C)n1.